The number of aromatic amines is 1. The first-order chi connectivity index (χ1) is 7.27. The standard InChI is InChI=1S/C9H7N5O/c10-9-13-12-7-8(15)11-5-3-1-2-4-6(5)14(7)9/h1-4H,(H2,10,13)(H,11,15). The van der Waals surface area contributed by atoms with E-state index in [1.807, 2.05) is 18.2 Å². The van der Waals surface area contributed by atoms with Crippen molar-refractivity contribution in [1.82, 2.24) is 19.6 Å². The number of hydrogen-bond donors (Lipinski definition) is 2. The molecule has 3 N–H and O–H groups in total. The molecule has 0 radical (unpaired) electrons. The minimum absolute atomic E-state index is 0.214. The van der Waals surface area contributed by atoms with E-state index in [2.05, 4.69) is 15.2 Å². The summed E-state index contributed by atoms with van der Waals surface area (Å²) in [7, 11) is 0. The molecule has 0 spiro atoms. The zero-order chi connectivity index (χ0) is 10.4. The minimum Gasteiger partial charge on any atom is -0.368 e. The molecule has 15 heavy (non-hydrogen) atoms. The summed E-state index contributed by atoms with van der Waals surface area (Å²) in [5.74, 6) is 0.215. The predicted octanol–water partition coefficient (Wildman–Crippen LogP) is 0.153. The molecule has 0 aliphatic rings. The molecule has 2 heterocycles. The lowest BCUT2D eigenvalue weighted by Gasteiger charge is -2.00. The van der Waals surface area contributed by atoms with Gasteiger partial charge < -0.3 is 10.7 Å². The van der Waals surface area contributed by atoms with E-state index in [9.17, 15) is 4.79 Å². The molecule has 2 aromatic heterocycles. The monoisotopic (exact) mass is 201 g/mol. The van der Waals surface area contributed by atoms with Crippen LogP contribution in [0.5, 0.6) is 0 Å². The normalized spacial score (nSPS) is 11.2. The van der Waals surface area contributed by atoms with Gasteiger partial charge in [0, 0.05) is 0 Å². The third kappa shape index (κ3) is 0.954. The number of fused-ring (bicyclic) bond motifs is 3. The third-order valence-corrected chi connectivity index (χ3v) is 2.28. The molecular weight excluding hydrogens is 194 g/mol. The predicted molar refractivity (Wildman–Crippen MR) is 55.5 cm³/mol. The molecule has 0 saturated carbocycles. The van der Waals surface area contributed by atoms with Crippen LogP contribution >= 0.6 is 0 Å². The van der Waals surface area contributed by atoms with Gasteiger partial charge in [0.25, 0.3) is 5.56 Å². The molecule has 0 aliphatic heterocycles. The summed E-state index contributed by atoms with van der Waals surface area (Å²) in [6.07, 6.45) is 0. The van der Waals surface area contributed by atoms with Crippen molar-refractivity contribution in [2.75, 3.05) is 5.73 Å². The van der Waals surface area contributed by atoms with Crippen molar-refractivity contribution >= 4 is 22.6 Å². The molecule has 0 saturated heterocycles. The second-order valence-corrected chi connectivity index (χ2v) is 3.19. The first-order valence-corrected chi connectivity index (χ1v) is 4.39. The third-order valence-electron chi connectivity index (χ3n) is 2.28. The van der Waals surface area contributed by atoms with Crippen molar-refractivity contribution in [1.29, 1.82) is 0 Å². The number of nitrogens with zero attached hydrogens (tertiary/aromatic N) is 3. The van der Waals surface area contributed by atoms with Crippen molar-refractivity contribution in [2.45, 2.75) is 0 Å². The summed E-state index contributed by atoms with van der Waals surface area (Å²) in [5.41, 5.74) is 7.06. The molecule has 0 unspecified atom stereocenters. The van der Waals surface area contributed by atoms with Crippen LogP contribution in [-0.2, 0) is 0 Å². The van der Waals surface area contributed by atoms with E-state index in [4.69, 9.17) is 5.73 Å². The van der Waals surface area contributed by atoms with Crippen LogP contribution in [0.2, 0.25) is 0 Å². The Labute approximate surface area is 83.4 Å². The lowest BCUT2D eigenvalue weighted by Crippen LogP contribution is -2.11. The number of benzene rings is 1. The van der Waals surface area contributed by atoms with Gasteiger partial charge in [-0.2, -0.15) is 0 Å². The number of hydrogen-bond acceptors (Lipinski definition) is 4. The zero-order valence-electron chi connectivity index (χ0n) is 7.64. The molecule has 0 aliphatic carbocycles. The molecule has 3 rings (SSSR count). The average Bonchev–Trinajstić information content (AvgIpc) is 2.62. The van der Waals surface area contributed by atoms with Gasteiger partial charge in [0.15, 0.2) is 0 Å². The van der Waals surface area contributed by atoms with Crippen LogP contribution < -0.4 is 11.3 Å². The molecule has 0 bridgehead atoms. The van der Waals surface area contributed by atoms with Crippen molar-refractivity contribution < 1.29 is 0 Å². The summed E-state index contributed by atoms with van der Waals surface area (Å²) < 4.78 is 1.54. The summed E-state index contributed by atoms with van der Waals surface area (Å²) in [6.45, 7) is 0. The largest absolute Gasteiger partial charge is 0.368 e. The van der Waals surface area contributed by atoms with Crippen LogP contribution in [0, 0.1) is 0 Å². The maximum atomic E-state index is 11.6. The van der Waals surface area contributed by atoms with Gasteiger partial charge in [0.2, 0.25) is 11.6 Å². The lowest BCUT2D eigenvalue weighted by molar-refractivity contribution is 1.11. The highest BCUT2D eigenvalue weighted by Gasteiger charge is 2.09. The first-order valence-electron chi connectivity index (χ1n) is 4.39. The Bertz CT molecular complexity index is 711. The Balaban J connectivity index is 2.74. The number of para-hydroxylation sites is 2. The molecule has 74 valence electrons. The second kappa shape index (κ2) is 2.57. The Kier molecular flexibility index (Phi) is 1.37. The number of H-pyrrole nitrogens is 1. The van der Waals surface area contributed by atoms with E-state index in [0.29, 0.717) is 5.52 Å². The summed E-state index contributed by atoms with van der Waals surface area (Å²) in [4.78, 5) is 14.3. The van der Waals surface area contributed by atoms with Crippen LogP contribution in [0.3, 0.4) is 0 Å². The number of nitrogens with two attached hydrogens (primary N) is 1. The van der Waals surface area contributed by atoms with Gasteiger partial charge in [0.1, 0.15) is 0 Å². The number of nitrogen functional groups attached to an aromatic ring is 1. The van der Waals surface area contributed by atoms with Gasteiger partial charge in [-0.15, -0.1) is 10.2 Å². The van der Waals surface area contributed by atoms with Gasteiger partial charge >= 0.3 is 0 Å². The van der Waals surface area contributed by atoms with Gasteiger partial charge in [-0.25, -0.2) is 0 Å². The molecule has 0 fully saturated rings. The van der Waals surface area contributed by atoms with Crippen molar-refractivity contribution in [3.8, 4) is 0 Å². The topological polar surface area (TPSA) is 89.1 Å². The molecule has 0 amide bonds. The highest BCUT2D eigenvalue weighted by Crippen LogP contribution is 2.12. The quantitative estimate of drug-likeness (QED) is 0.542. The Hall–Kier alpha value is -2.37. The smallest absolute Gasteiger partial charge is 0.294 e. The van der Waals surface area contributed by atoms with Crippen LogP contribution in [0.25, 0.3) is 16.7 Å². The van der Waals surface area contributed by atoms with E-state index < -0.39 is 0 Å². The summed E-state index contributed by atoms with van der Waals surface area (Å²) in [5, 5.41) is 7.39. The summed E-state index contributed by atoms with van der Waals surface area (Å²) >= 11 is 0. The average molecular weight is 201 g/mol. The number of anilines is 1. The Morgan fingerprint density at radius 3 is 2.93 bits per heavy atom. The number of rotatable bonds is 0. The Morgan fingerprint density at radius 1 is 1.27 bits per heavy atom. The highest BCUT2D eigenvalue weighted by atomic mass is 16.1. The lowest BCUT2D eigenvalue weighted by atomic mass is 10.3. The molecular formula is C9H7N5O. The van der Waals surface area contributed by atoms with Crippen molar-refractivity contribution in [3.05, 3.63) is 34.6 Å². The SMILES string of the molecule is Nc1nnc2c(=O)[nH]c3ccccc3n12. The zero-order valence-corrected chi connectivity index (χ0v) is 7.64. The van der Waals surface area contributed by atoms with E-state index in [1.54, 1.807) is 6.07 Å². The van der Waals surface area contributed by atoms with E-state index >= 15 is 0 Å². The van der Waals surface area contributed by atoms with E-state index in [-0.39, 0.29) is 17.2 Å². The fraction of sp³-hybridized carbons (Fsp3) is 0. The maximum absolute atomic E-state index is 11.6. The maximum Gasteiger partial charge on any atom is 0.294 e. The fourth-order valence-corrected chi connectivity index (χ4v) is 1.63. The number of aromatic nitrogens is 4. The Morgan fingerprint density at radius 2 is 2.07 bits per heavy atom. The van der Waals surface area contributed by atoms with Crippen molar-refractivity contribution in [2.24, 2.45) is 0 Å². The molecule has 6 heteroatoms. The molecule has 3 aromatic rings. The van der Waals surface area contributed by atoms with E-state index in [1.165, 1.54) is 4.40 Å². The van der Waals surface area contributed by atoms with Crippen LogP contribution in [0.15, 0.2) is 29.1 Å². The highest BCUT2D eigenvalue weighted by molar-refractivity contribution is 5.78. The van der Waals surface area contributed by atoms with Crippen LogP contribution in [0.1, 0.15) is 0 Å². The molecule has 0 atom stereocenters. The molecule has 6 nitrogen and oxygen atoms in total. The fourth-order valence-electron chi connectivity index (χ4n) is 1.63. The van der Waals surface area contributed by atoms with Gasteiger partial charge in [-0.1, -0.05) is 12.1 Å². The van der Waals surface area contributed by atoms with E-state index in [0.717, 1.165) is 5.52 Å². The number of nitrogens with one attached hydrogen (secondary N) is 1. The van der Waals surface area contributed by atoms with Crippen LogP contribution in [0.4, 0.5) is 5.95 Å². The minimum atomic E-state index is -0.294. The van der Waals surface area contributed by atoms with Gasteiger partial charge in [0.05, 0.1) is 11.0 Å². The second-order valence-electron chi connectivity index (χ2n) is 3.19. The summed E-state index contributed by atoms with van der Waals surface area (Å²) in [6, 6.07) is 7.35. The first kappa shape index (κ1) is 7.98. The van der Waals surface area contributed by atoms with Crippen LogP contribution in [-0.4, -0.2) is 19.6 Å². The molecule has 1 aromatic carbocycles. The van der Waals surface area contributed by atoms with Crippen molar-refractivity contribution in [3.63, 3.8) is 0 Å². The van der Waals surface area contributed by atoms with Gasteiger partial charge in [-0.3, -0.25) is 9.20 Å². The van der Waals surface area contributed by atoms with Gasteiger partial charge in [-0.05, 0) is 12.1 Å².